The summed E-state index contributed by atoms with van der Waals surface area (Å²) in [6.07, 6.45) is 9.91. The van der Waals surface area contributed by atoms with Crippen LogP contribution in [0.3, 0.4) is 0 Å². The summed E-state index contributed by atoms with van der Waals surface area (Å²) in [6, 6.07) is 4.07. The van der Waals surface area contributed by atoms with E-state index in [-0.39, 0.29) is 0 Å². The average molecular weight is 314 g/mol. The first-order chi connectivity index (χ1) is 11.2. The lowest BCUT2D eigenvalue weighted by molar-refractivity contribution is 0.0858. The van der Waals surface area contributed by atoms with Crippen LogP contribution in [0.1, 0.15) is 30.6 Å². The van der Waals surface area contributed by atoms with Crippen molar-refractivity contribution in [3.05, 3.63) is 42.1 Å². The molecule has 4 rings (SSSR count). The third kappa shape index (κ3) is 3.35. The number of likely N-dealkylation sites (tertiary alicyclic amines) is 2. The van der Waals surface area contributed by atoms with Crippen LogP contribution in [0.5, 0.6) is 0 Å². The zero-order valence-corrected chi connectivity index (χ0v) is 13.9. The van der Waals surface area contributed by atoms with Gasteiger partial charge in [-0.1, -0.05) is 0 Å². The highest BCUT2D eigenvalue weighted by Gasteiger charge is 2.41. The van der Waals surface area contributed by atoms with Gasteiger partial charge in [0.05, 0.1) is 19.0 Å². The lowest BCUT2D eigenvalue weighted by Crippen LogP contribution is -2.44. The zero-order chi connectivity index (χ0) is 15.7. The SMILES string of the molecule is Cn1cc(CN2CCC[C@]3(CCN(Cc4ccco4)C3)C2)cn1. The Kier molecular flexibility index (Phi) is 3.99. The predicted molar refractivity (Wildman–Crippen MR) is 88.8 cm³/mol. The summed E-state index contributed by atoms with van der Waals surface area (Å²) >= 11 is 0. The van der Waals surface area contributed by atoms with Crippen molar-refractivity contribution < 1.29 is 4.42 Å². The lowest BCUT2D eigenvalue weighted by Gasteiger charge is -2.40. The molecular formula is C18H26N4O. The van der Waals surface area contributed by atoms with E-state index in [4.69, 9.17) is 4.42 Å². The first kappa shape index (κ1) is 15.0. The molecule has 0 radical (unpaired) electrons. The maximum absolute atomic E-state index is 5.51. The second kappa shape index (κ2) is 6.13. The van der Waals surface area contributed by atoms with E-state index >= 15 is 0 Å². The summed E-state index contributed by atoms with van der Waals surface area (Å²) in [4.78, 5) is 5.18. The molecule has 1 atom stereocenters. The van der Waals surface area contributed by atoms with Gasteiger partial charge >= 0.3 is 0 Å². The molecule has 1 spiro atoms. The number of hydrogen-bond acceptors (Lipinski definition) is 4. The van der Waals surface area contributed by atoms with E-state index in [1.54, 1.807) is 6.26 Å². The van der Waals surface area contributed by atoms with Crippen molar-refractivity contribution in [3.8, 4) is 0 Å². The standard InChI is InChI=1S/C18H26N4O/c1-20-11-16(10-19-20)12-21-7-3-5-18(14-21)6-8-22(15-18)13-17-4-2-9-23-17/h2,4,9-11H,3,5-8,12-15H2,1H3/t18-/m0/s1. The van der Waals surface area contributed by atoms with Gasteiger partial charge in [-0.3, -0.25) is 14.5 Å². The van der Waals surface area contributed by atoms with E-state index in [0.717, 1.165) is 18.8 Å². The van der Waals surface area contributed by atoms with Crippen molar-refractivity contribution in [2.45, 2.75) is 32.4 Å². The molecule has 0 N–H and O–H groups in total. The fourth-order valence-electron chi connectivity index (χ4n) is 4.38. The first-order valence-corrected chi connectivity index (χ1v) is 8.65. The third-order valence-corrected chi connectivity index (χ3v) is 5.38. The van der Waals surface area contributed by atoms with Gasteiger partial charge in [0.2, 0.25) is 0 Å². The lowest BCUT2D eigenvalue weighted by atomic mass is 9.79. The molecule has 5 nitrogen and oxygen atoms in total. The van der Waals surface area contributed by atoms with E-state index in [0.29, 0.717) is 5.41 Å². The topological polar surface area (TPSA) is 37.4 Å². The molecule has 4 heterocycles. The molecule has 2 saturated heterocycles. The Morgan fingerprint density at radius 3 is 2.78 bits per heavy atom. The second-order valence-electron chi connectivity index (χ2n) is 7.38. The minimum atomic E-state index is 0.479. The fourth-order valence-corrected chi connectivity index (χ4v) is 4.38. The number of nitrogens with zero attached hydrogens (tertiary/aromatic N) is 4. The Hall–Kier alpha value is -1.59. The largest absolute Gasteiger partial charge is 0.468 e. The van der Waals surface area contributed by atoms with Crippen LogP contribution in [0.2, 0.25) is 0 Å². The zero-order valence-electron chi connectivity index (χ0n) is 13.9. The summed E-state index contributed by atoms with van der Waals surface area (Å²) in [6.45, 7) is 6.83. The Bertz CT molecular complexity index is 635. The summed E-state index contributed by atoms with van der Waals surface area (Å²) in [7, 11) is 1.99. The summed E-state index contributed by atoms with van der Waals surface area (Å²) in [5, 5.41) is 4.30. The average Bonchev–Trinajstić information content (AvgIpc) is 3.24. The van der Waals surface area contributed by atoms with E-state index < -0.39 is 0 Å². The normalized spacial score (nSPS) is 26.3. The van der Waals surface area contributed by atoms with Gasteiger partial charge in [0.1, 0.15) is 5.76 Å². The summed E-state index contributed by atoms with van der Waals surface area (Å²) in [5.41, 5.74) is 1.81. The molecule has 2 fully saturated rings. The molecule has 0 aliphatic carbocycles. The van der Waals surface area contributed by atoms with Gasteiger partial charge in [-0.15, -0.1) is 0 Å². The van der Waals surface area contributed by atoms with Crippen molar-refractivity contribution in [1.29, 1.82) is 0 Å². The molecular weight excluding hydrogens is 288 g/mol. The van der Waals surface area contributed by atoms with Crippen molar-refractivity contribution in [2.75, 3.05) is 26.2 Å². The quantitative estimate of drug-likeness (QED) is 0.869. The molecule has 0 bridgehead atoms. The van der Waals surface area contributed by atoms with Gasteiger partial charge < -0.3 is 4.42 Å². The molecule has 0 aromatic carbocycles. The number of hydrogen-bond donors (Lipinski definition) is 0. The van der Waals surface area contributed by atoms with Crippen LogP contribution in [-0.4, -0.2) is 45.8 Å². The number of aromatic nitrogens is 2. The van der Waals surface area contributed by atoms with Crippen molar-refractivity contribution in [2.24, 2.45) is 12.5 Å². The highest BCUT2D eigenvalue weighted by molar-refractivity contribution is 5.05. The molecule has 5 heteroatoms. The van der Waals surface area contributed by atoms with Crippen molar-refractivity contribution in [3.63, 3.8) is 0 Å². The van der Waals surface area contributed by atoms with Gasteiger partial charge in [-0.05, 0) is 49.9 Å². The molecule has 2 aliphatic heterocycles. The maximum atomic E-state index is 5.51. The Labute approximate surface area is 137 Å². The number of rotatable bonds is 4. The van der Waals surface area contributed by atoms with Crippen molar-refractivity contribution in [1.82, 2.24) is 19.6 Å². The van der Waals surface area contributed by atoms with Crippen LogP contribution >= 0.6 is 0 Å². The molecule has 0 saturated carbocycles. The fraction of sp³-hybridized carbons (Fsp3) is 0.611. The molecule has 0 unspecified atom stereocenters. The van der Waals surface area contributed by atoms with Gasteiger partial charge in [0, 0.05) is 38.4 Å². The molecule has 2 aromatic heterocycles. The van der Waals surface area contributed by atoms with Gasteiger partial charge in [-0.25, -0.2) is 0 Å². The predicted octanol–water partition coefficient (Wildman–Crippen LogP) is 2.50. The van der Waals surface area contributed by atoms with Gasteiger partial charge in [0.15, 0.2) is 0 Å². The Morgan fingerprint density at radius 1 is 1.17 bits per heavy atom. The summed E-state index contributed by atoms with van der Waals surface area (Å²) < 4.78 is 7.41. The maximum Gasteiger partial charge on any atom is 0.117 e. The van der Waals surface area contributed by atoms with E-state index in [1.165, 1.54) is 51.0 Å². The van der Waals surface area contributed by atoms with Crippen LogP contribution in [-0.2, 0) is 20.1 Å². The number of piperidine rings is 1. The van der Waals surface area contributed by atoms with Crippen LogP contribution in [0.15, 0.2) is 35.2 Å². The molecule has 124 valence electrons. The van der Waals surface area contributed by atoms with Gasteiger partial charge in [0.25, 0.3) is 0 Å². The van der Waals surface area contributed by atoms with E-state index in [1.807, 2.05) is 24.0 Å². The molecule has 0 amide bonds. The number of furan rings is 1. The van der Waals surface area contributed by atoms with E-state index in [9.17, 15) is 0 Å². The van der Waals surface area contributed by atoms with E-state index in [2.05, 4.69) is 27.2 Å². The first-order valence-electron chi connectivity index (χ1n) is 8.65. The molecule has 2 aromatic rings. The number of aryl methyl sites for hydroxylation is 1. The highest BCUT2D eigenvalue weighted by atomic mass is 16.3. The van der Waals surface area contributed by atoms with Crippen molar-refractivity contribution >= 4 is 0 Å². The minimum absolute atomic E-state index is 0.479. The monoisotopic (exact) mass is 314 g/mol. The Morgan fingerprint density at radius 2 is 2.04 bits per heavy atom. The second-order valence-corrected chi connectivity index (χ2v) is 7.38. The van der Waals surface area contributed by atoms with Crippen LogP contribution in [0.25, 0.3) is 0 Å². The smallest absolute Gasteiger partial charge is 0.117 e. The Balaban J connectivity index is 1.37. The van der Waals surface area contributed by atoms with Crippen LogP contribution < -0.4 is 0 Å². The molecule has 23 heavy (non-hydrogen) atoms. The van der Waals surface area contributed by atoms with Crippen LogP contribution in [0, 0.1) is 5.41 Å². The van der Waals surface area contributed by atoms with Gasteiger partial charge in [-0.2, -0.15) is 5.10 Å². The molecule has 2 aliphatic rings. The van der Waals surface area contributed by atoms with Crippen LogP contribution in [0.4, 0.5) is 0 Å². The highest BCUT2D eigenvalue weighted by Crippen LogP contribution is 2.39. The third-order valence-electron chi connectivity index (χ3n) is 5.38. The summed E-state index contributed by atoms with van der Waals surface area (Å²) in [5.74, 6) is 1.09. The minimum Gasteiger partial charge on any atom is -0.468 e.